The molecule has 1 nitrogen and oxygen atoms in total. The lowest BCUT2D eigenvalue weighted by Crippen LogP contribution is -1.83. The summed E-state index contributed by atoms with van der Waals surface area (Å²) in [6.45, 7) is 0. The third-order valence-corrected chi connectivity index (χ3v) is 1.51. The number of nitrogens with zero attached hydrogens (tertiary/aromatic N) is 1. The normalized spacial score (nSPS) is 10.5. The van der Waals surface area contributed by atoms with E-state index in [2.05, 4.69) is 0 Å². The molecule has 2 aromatic rings. The van der Waals surface area contributed by atoms with E-state index in [-0.39, 0.29) is 5.95 Å². The number of fused-ring (bicyclic) bond motifs is 1. The molecule has 0 aliphatic rings. The molecule has 0 fully saturated rings. The van der Waals surface area contributed by atoms with E-state index >= 15 is 0 Å². The number of pyridine rings is 1. The second kappa shape index (κ2) is 1.84. The van der Waals surface area contributed by atoms with Crippen molar-refractivity contribution in [2.45, 2.75) is 0 Å². The maximum absolute atomic E-state index is 12.7. The summed E-state index contributed by atoms with van der Waals surface area (Å²) in [6.07, 6.45) is 1.70. The van der Waals surface area contributed by atoms with E-state index in [4.69, 9.17) is 0 Å². The van der Waals surface area contributed by atoms with Gasteiger partial charge in [-0.15, -0.1) is 0 Å². The fourth-order valence-electron chi connectivity index (χ4n) is 1.02. The Labute approximate surface area is 57.7 Å². The maximum atomic E-state index is 12.7. The van der Waals surface area contributed by atoms with Crippen LogP contribution in [0, 0.1) is 5.95 Å². The van der Waals surface area contributed by atoms with Gasteiger partial charge in [0.05, 0.1) is 0 Å². The van der Waals surface area contributed by atoms with Gasteiger partial charge in [0.25, 0.3) is 0 Å². The second-order valence-corrected chi connectivity index (χ2v) is 2.15. The quantitative estimate of drug-likeness (QED) is 0.521. The van der Waals surface area contributed by atoms with E-state index in [1.807, 2.05) is 12.1 Å². The highest BCUT2D eigenvalue weighted by atomic mass is 19.1. The zero-order valence-corrected chi connectivity index (χ0v) is 5.29. The number of halogens is 1. The maximum Gasteiger partial charge on any atom is 0.198 e. The van der Waals surface area contributed by atoms with E-state index in [9.17, 15) is 4.39 Å². The summed E-state index contributed by atoms with van der Waals surface area (Å²) < 4.78 is 14.2. The van der Waals surface area contributed by atoms with Crippen LogP contribution in [0.15, 0.2) is 36.5 Å². The van der Waals surface area contributed by atoms with Crippen LogP contribution < -0.4 is 0 Å². The molecule has 10 heavy (non-hydrogen) atoms. The number of hydrogen-bond donors (Lipinski definition) is 0. The Morgan fingerprint density at radius 3 is 2.80 bits per heavy atom. The lowest BCUT2D eigenvalue weighted by atomic mass is 10.4. The smallest absolute Gasteiger partial charge is 0.198 e. The fourth-order valence-corrected chi connectivity index (χ4v) is 1.02. The minimum Gasteiger partial charge on any atom is -0.294 e. The topological polar surface area (TPSA) is 4.41 Å². The van der Waals surface area contributed by atoms with Gasteiger partial charge in [0.1, 0.15) is 0 Å². The van der Waals surface area contributed by atoms with Crippen molar-refractivity contribution in [2.24, 2.45) is 0 Å². The average Bonchev–Trinajstić information content (AvgIpc) is 2.34. The molecule has 0 amide bonds. The Balaban J connectivity index is 2.93. The summed E-state index contributed by atoms with van der Waals surface area (Å²) >= 11 is 0. The molecule has 0 aromatic carbocycles. The number of rotatable bonds is 0. The van der Waals surface area contributed by atoms with Gasteiger partial charge in [-0.05, 0) is 24.3 Å². The highest BCUT2D eigenvalue weighted by molar-refractivity contribution is 5.47. The predicted octanol–water partition coefficient (Wildman–Crippen LogP) is 2.08. The van der Waals surface area contributed by atoms with Gasteiger partial charge in [-0.3, -0.25) is 4.40 Å². The Morgan fingerprint density at radius 1 is 1.10 bits per heavy atom. The minimum absolute atomic E-state index is 0.212. The van der Waals surface area contributed by atoms with Crippen LogP contribution in [-0.4, -0.2) is 4.40 Å². The molecule has 2 heterocycles. The fraction of sp³-hybridized carbons (Fsp3) is 0. The molecule has 50 valence electrons. The summed E-state index contributed by atoms with van der Waals surface area (Å²) in [7, 11) is 0. The van der Waals surface area contributed by atoms with Gasteiger partial charge in [-0.25, -0.2) is 0 Å². The van der Waals surface area contributed by atoms with Crippen molar-refractivity contribution in [1.29, 1.82) is 0 Å². The Morgan fingerprint density at radius 2 is 2.00 bits per heavy atom. The molecule has 0 atom stereocenters. The first-order valence-corrected chi connectivity index (χ1v) is 3.09. The van der Waals surface area contributed by atoms with Gasteiger partial charge < -0.3 is 0 Å². The van der Waals surface area contributed by atoms with Crippen molar-refractivity contribution in [3.05, 3.63) is 42.5 Å². The molecule has 2 heteroatoms. The Hall–Kier alpha value is -1.31. The third kappa shape index (κ3) is 0.620. The average molecular weight is 135 g/mol. The highest BCUT2D eigenvalue weighted by Crippen LogP contribution is 2.06. The molecular formula is C8H6FN. The predicted molar refractivity (Wildman–Crippen MR) is 37.4 cm³/mol. The van der Waals surface area contributed by atoms with Crippen LogP contribution in [0.1, 0.15) is 0 Å². The van der Waals surface area contributed by atoms with Crippen LogP contribution in [0.25, 0.3) is 5.52 Å². The Bertz CT molecular complexity index is 351. The van der Waals surface area contributed by atoms with E-state index in [1.165, 1.54) is 10.5 Å². The van der Waals surface area contributed by atoms with Crippen molar-refractivity contribution in [3.8, 4) is 0 Å². The monoisotopic (exact) mass is 135 g/mol. The second-order valence-electron chi connectivity index (χ2n) is 2.15. The first kappa shape index (κ1) is 5.47. The summed E-state index contributed by atoms with van der Waals surface area (Å²) in [5.74, 6) is -0.212. The molecular weight excluding hydrogens is 129 g/mol. The standard InChI is InChI=1S/C8H6FN/c9-8-5-4-7-3-1-2-6-10(7)8/h1-6H. The molecule has 0 saturated heterocycles. The van der Waals surface area contributed by atoms with E-state index < -0.39 is 0 Å². The summed E-state index contributed by atoms with van der Waals surface area (Å²) in [6, 6.07) is 8.75. The molecule has 0 saturated carbocycles. The molecule has 2 aromatic heterocycles. The number of aromatic nitrogens is 1. The summed E-state index contributed by atoms with van der Waals surface area (Å²) in [5, 5.41) is 0. The van der Waals surface area contributed by atoms with Crippen LogP contribution in [0.4, 0.5) is 4.39 Å². The van der Waals surface area contributed by atoms with Crippen LogP contribution in [0.3, 0.4) is 0 Å². The third-order valence-electron chi connectivity index (χ3n) is 1.51. The van der Waals surface area contributed by atoms with Crippen LogP contribution >= 0.6 is 0 Å². The van der Waals surface area contributed by atoms with Gasteiger partial charge in [0.2, 0.25) is 0 Å². The largest absolute Gasteiger partial charge is 0.294 e. The van der Waals surface area contributed by atoms with E-state index in [0.29, 0.717) is 0 Å². The van der Waals surface area contributed by atoms with Crippen LogP contribution in [-0.2, 0) is 0 Å². The van der Waals surface area contributed by atoms with E-state index in [0.717, 1.165) is 5.52 Å². The molecule has 0 N–H and O–H groups in total. The van der Waals surface area contributed by atoms with Gasteiger partial charge in [0, 0.05) is 11.7 Å². The van der Waals surface area contributed by atoms with Crippen molar-refractivity contribution in [2.75, 3.05) is 0 Å². The SMILES string of the molecule is Fc1ccc2ccccn12. The summed E-state index contributed by atoms with van der Waals surface area (Å²) in [5.41, 5.74) is 0.889. The molecule has 0 bridgehead atoms. The lowest BCUT2D eigenvalue weighted by molar-refractivity contribution is 0.574. The Kier molecular flexibility index (Phi) is 1.01. The molecule has 0 radical (unpaired) electrons. The van der Waals surface area contributed by atoms with Gasteiger partial charge >= 0.3 is 0 Å². The zero-order chi connectivity index (χ0) is 6.97. The molecule has 0 aliphatic heterocycles. The number of hydrogen-bond acceptors (Lipinski definition) is 0. The van der Waals surface area contributed by atoms with Crippen LogP contribution in [0.5, 0.6) is 0 Å². The van der Waals surface area contributed by atoms with Gasteiger partial charge in [-0.1, -0.05) is 6.07 Å². The summed E-state index contributed by atoms with van der Waals surface area (Å²) in [4.78, 5) is 0. The zero-order valence-electron chi connectivity index (χ0n) is 5.29. The molecule has 0 unspecified atom stereocenters. The first-order valence-electron chi connectivity index (χ1n) is 3.09. The van der Waals surface area contributed by atoms with Gasteiger partial charge in [0.15, 0.2) is 5.95 Å². The van der Waals surface area contributed by atoms with Crippen molar-refractivity contribution < 1.29 is 4.39 Å². The van der Waals surface area contributed by atoms with E-state index in [1.54, 1.807) is 18.3 Å². The van der Waals surface area contributed by atoms with Crippen LogP contribution in [0.2, 0.25) is 0 Å². The minimum atomic E-state index is -0.212. The molecule has 2 rings (SSSR count). The highest BCUT2D eigenvalue weighted by Gasteiger charge is 1.95. The molecule has 0 aliphatic carbocycles. The first-order chi connectivity index (χ1) is 4.88. The van der Waals surface area contributed by atoms with Crippen molar-refractivity contribution in [3.63, 3.8) is 0 Å². The van der Waals surface area contributed by atoms with Crippen molar-refractivity contribution in [1.82, 2.24) is 4.40 Å². The van der Waals surface area contributed by atoms with Crippen molar-refractivity contribution >= 4 is 5.52 Å². The van der Waals surface area contributed by atoms with Gasteiger partial charge in [-0.2, -0.15) is 4.39 Å². The molecule has 0 spiro atoms. The lowest BCUT2D eigenvalue weighted by Gasteiger charge is -1.91.